The number of hydrogen-bond donors (Lipinski definition) is 1. The first-order valence-electron chi connectivity index (χ1n) is 9.99. The van der Waals surface area contributed by atoms with Crippen molar-refractivity contribution in [2.24, 2.45) is 5.92 Å². The van der Waals surface area contributed by atoms with Crippen molar-refractivity contribution >= 4 is 15.9 Å². The highest BCUT2D eigenvalue weighted by Gasteiger charge is 2.56. The molecule has 1 atom stereocenters. The Bertz CT molecular complexity index is 797. The zero-order valence-electron chi connectivity index (χ0n) is 16.1. The van der Waals surface area contributed by atoms with E-state index in [1.807, 2.05) is 6.07 Å². The van der Waals surface area contributed by atoms with Crippen LogP contribution in [0.3, 0.4) is 0 Å². The topological polar surface area (TPSA) is 69.7 Å². The fourth-order valence-corrected chi connectivity index (χ4v) is 6.01. The molecule has 1 aromatic carbocycles. The van der Waals surface area contributed by atoms with Crippen molar-refractivity contribution in [2.75, 3.05) is 13.1 Å². The molecule has 1 aromatic rings. The van der Waals surface area contributed by atoms with E-state index < -0.39 is 10.0 Å². The lowest BCUT2D eigenvalue weighted by molar-refractivity contribution is -0.134. The Morgan fingerprint density at radius 3 is 2.33 bits per heavy atom. The molecule has 148 valence electrons. The third-order valence-corrected chi connectivity index (χ3v) is 7.90. The summed E-state index contributed by atoms with van der Waals surface area (Å²) in [5.41, 5.74) is -0.374. The lowest BCUT2D eigenvalue weighted by Crippen LogP contribution is -2.60. The SMILES string of the molecule is CC(C)CC1NC2(CCN(S(=O)(=O)c3ccccc3)CC2)N(C2CC2)C1=O. The molecule has 1 aliphatic carbocycles. The van der Waals surface area contributed by atoms with Crippen LogP contribution in [-0.4, -0.2) is 54.4 Å². The van der Waals surface area contributed by atoms with E-state index in [9.17, 15) is 13.2 Å². The minimum atomic E-state index is -3.47. The molecule has 0 radical (unpaired) electrons. The Morgan fingerprint density at radius 2 is 1.78 bits per heavy atom. The number of sulfonamides is 1. The van der Waals surface area contributed by atoms with Crippen LogP contribution in [0.4, 0.5) is 0 Å². The van der Waals surface area contributed by atoms with E-state index in [1.165, 1.54) is 0 Å². The van der Waals surface area contributed by atoms with E-state index >= 15 is 0 Å². The van der Waals surface area contributed by atoms with Gasteiger partial charge in [-0.3, -0.25) is 10.1 Å². The van der Waals surface area contributed by atoms with Crippen LogP contribution < -0.4 is 5.32 Å². The summed E-state index contributed by atoms with van der Waals surface area (Å²) >= 11 is 0. The van der Waals surface area contributed by atoms with Gasteiger partial charge < -0.3 is 4.90 Å². The molecule has 2 saturated heterocycles. The summed E-state index contributed by atoms with van der Waals surface area (Å²) in [6.45, 7) is 5.15. The summed E-state index contributed by atoms with van der Waals surface area (Å²) in [4.78, 5) is 15.4. The Balaban J connectivity index is 1.52. The summed E-state index contributed by atoms with van der Waals surface area (Å²) in [5, 5.41) is 3.63. The van der Waals surface area contributed by atoms with Crippen molar-refractivity contribution in [1.82, 2.24) is 14.5 Å². The molecule has 27 heavy (non-hydrogen) atoms. The molecule has 2 aliphatic heterocycles. The maximum Gasteiger partial charge on any atom is 0.243 e. The van der Waals surface area contributed by atoms with Crippen LogP contribution in [0.2, 0.25) is 0 Å². The number of carbonyl (C=O) groups excluding carboxylic acids is 1. The highest BCUT2D eigenvalue weighted by molar-refractivity contribution is 7.89. The average molecular weight is 392 g/mol. The molecule has 1 saturated carbocycles. The minimum Gasteiger partial charge on any atom is -0.320 e. The summed E-state index contributed by atoms with van der Waals surface area (Å²) in [6.07, 6.45) is 4.26. The van der Waals surface area contributed by atoms with Crippen molar-refractivity contribution in [3.05, 3.63) is 30.3 Å². The highest BCUT2D eigenvalue weighted by Crippen LogP contribution is 2.42. The van der Waals surface area contributed by atoms with Gasteiger partial charge in [0, 0.05) is 19.1 Å². The Hall–Kier alpha value is -1.44. The second-order valence-electron chi connectivity index (χ2n) is 8.51. The van der Waals surface area contributed by atoms with E-state index in [2.05, 4.69) is 24.1 Å². The first kappa shape index (κ1) is 18.9. The van der Waals surface area contributed by atoms with Gasteiger partial charge in [0.05, 0.1) is 16.6 Å². The molecule has 7 heteroatoms. The number of carbonyl (C=O) groups is 1. The largest absolute Gasteiger partial charge is 0.320 e. The van der Waals surface area contributed by atoms with Crippen LogP contribution in [-0.2, 0) is 14.8 Å². The summed E-state index contributed by atoms with van der Waals surface area (Å²) in [6, 6.07) is 8.81. The van der Waals surface area contributed by atoms with Gasteiger partial charge in [-0.05, 0) is 50.2 Å². The van der Waals surface area contributed by atoms with Gasteiger partial charge in [0.1, 0.15) is 0 Å². The van der Waals surface area contributed by atoms with Gasteiger partial charge in [-0.2, -0.15) is 4.31 Å². The molecular weight excluding hydrogens is 362 g/mol. The van der Waals surface area contributed by atoms with Gasteiger partial charge in [-0.1, -0.05) is 32.0 Å². The zero-order chi connectivity index (χ0) is 19.2. The monoisotopic (exact) mass is 391 g/mol. The van der Waals surface area contributed by atoms with E-state index in [-0.39, 0.29) is 17.6 Å². The maximum atomic E-state index is 13.0. The van der Waals surface area contributed by atoms with E-state index in [4.69, 9.17) is 0 Å². The van der Waals surface area contributed by atoms with Gasteiger partial charge in [0.25, 0.3) is 0 Å². The van der Waals surface area contributed by atoms with Crippen molar-refractivity contribution < 1.29 is 13.2 Å². The molecule has 3 fully saturated rings. The first-order valence-corrected chi connectivity index (χ1v) is 11.4. The number of nitrogens with one attached hydrogen (secondary N) is 1. The van der Waals surface area contributed by atoms with Crippen molar-refractivity contribution in [1.29, 1.82) is 0 Å². The van der Waals surface area contributed by atoms with Crippen LogP contribution in [0, 0.1) is 5.92 Å². The number of amides is 1. The minimum absolute atomic E-state index is 0.136. The van der Waals surface area contributed by atoms with Crippen LogP contribution in [0.15, 0.2) is 35.2 Å². The predicted octanol–water partition coefficient (Wildman–Crippen LogP) is 2.18. The maximum absolute atomic E-state index is 13.0. The second-order valence-corrected chi connectivity index (χ2v) is 10.5. The van der Waals surface area contributed by atoms with E-state index in [0.29, 0.717) is 42.8 Å². The van der Waals surface area contributed by atoms with Gasteiger partial charge >= 0.3 is 0 Å². The number of hydrogen-bond acceptors (Lipinski definition) is 4. The molecule has 4 rings (SSSR count). The van der Waals surface area contributed by atoms with Gasteiger partial charge in [-0.15, -0.1) is 0 Å². The van der Waals surface area contributed by atoms with E-state index in [1.54, 1.807) is 28.6 Å². The molecule has 1 N–H and O–H groups in total. The van der Waals surface area contributed by atoms with Gasteiger partial charge in [0.2, 0.25) is 15.9 Å². The molecule has 1 spiro atoms. The molecule has 0 bridgehead atoms. The van der Waals surface area contributed by atoms with E-state index in [0.717, 1.165) is 19.3 Å². The third kappa shape index (κ3) is 3.41. The fraction of sp³-hybridized carbons (Fsp3) is 0.650. The molecule has 0 aromatic heterocycles. The number of benzene rings is 1. The molecule has 6 nitrogen and oxygen atoms in total. The number of piperidine rings is 1. The van der Waals surface area contributed by atoms with Crippen LogP contribution >= 0.6 is 0 Å². The molecule has 3 aliphatic rings. The van der Waals surface area contributed by atoms with Crippen molar-refractivity contribution in [2.45, 2.75) is 68.6 Å². The zero-order valence-corrected chi connectivity index (χ0v) is 16.9. The predicted molar refractivity (Wildman–Crippen MR) is 103 cm³/mol. The molecule has 1 amide bonds. The van der Waals surface area contributed by atoms with Crippen molar-refractivity contribution in [3.63, 3.8) is 0 Å². The Morgan fingerprint density at radius 1 is 1.15 bits per heavy atom. The molecule has 2 heterocycles. The lowest BCUT2D eigenvalue weighted by Gasteiger charge is -2.44. The number of nitrogens with zero attached hydrogens (tertiary/aromatic N) is 2. The Labute approximate surface area is 162 Å². The number of rotatable bonds is 5. The van der Waals surface area contributed by atoms with Crippen LogP contribution in [0.5, 0.6) is 0 Å². The summed E-state index contributed by atoms with van der Waals surface area (Å²) in [7, 11) is -3.47. The standard InChI is InChI=1S/C20H29N3O3S/c1-15(2)14-18-19(24)23(16-8-9-16)20(21-18)10-12-22(13-11-20)27(25,26)17-6-4-3-5-7-17/h3-7,15-16,18,21H,8-14H2,1-2H3. The van der Waals surface area contributed by atoms with Crippen molar-refractivity contribution in [3.8, 4) is 0 Å². The molecule has 1 unspecified atom stereocenters. The summed E-state index contributed by atoms with van der Waals surface area (Å²) in [5.74, 6) is 0.659. The lowest BCUT2D eigenvalue weighted by atomic mass is 9.97. The quantitative estimate of drug-likeness (QED) is 0.835. The normalized spacial score (nSPS) is 26.3. The Kier molecular flexibility index (Phi) is 4.81. The summed E-state index contributed by atoms with van der Waals surface area (Å²) < 4.78 is 27.4. The van der Waals surface area contributed by atoms with Gasteiger partial charge in [-0.25, -0.2) is 8.42 Å². The van der Waals surface area contributed by atoms with Gasteiger partial charge in [0.15, 0.2) is 0 Å². The van der Waals surface area contributed by atoms with Crippen LogP contribution in [0.25, 0.3) is 0 Å². The highest BCUT2D eigenvalue weighted by atomic mass is 32.2. The fourth-order valence-electron chi connectivity index (χ4n) is 4.55. The first-order chi connectivity index (χ1) is 12.8. The smallest absolute Gasteiger partial charge is 0.243 e. The molecular formula is C20H29N3O3S. The average Bonchev–Trinajstić information content (AvgIpc) is 3.43. The third-order valence-electron chi connectivity index (χ3n) is 5.99. The van der Waals surface area contributed by atoms with Crippen LogP contribution in [0.1, 0.15) is 46.0 Å². The second kappa shape index (κ2) is 6.87.